The normalized spacial score (nSPS) is 10.4. The van der Waals surface area contributed by atoms with Gasteiger partial charge in [0.25, 0.3) is 0 Å². The van der Waals surface area contributed by atoms with Crippen LogP contribution in [0.5, 0.6) is 0 Å². The fourth-order valence-corrected chi connectivity index (χ4v) is 2.89. The summed E-state index contributed by atoms with van der Waals surface area (Å²) in [6.45, 7) is 7.06. The SMILES string of the molecule is CCCCCCCCCCNCCCCCCCCCC.NN. The largest absolute Gasteiger partial charge is 0.317 e. The van der Waals surface area contributed by atoms with Crippen LogP contribution in [-0.4, -0.2) is 13.1 Å². The summed E-state index contributed by atoms with van der Waals surface area (Å²) in [5.74, 6) is 8.00. The van der Waals surface area contributed by atoms with Crippen LogP contribution in [0.1, 0.15) is 117 Å². The molecule has 23 heavy (non-hydrogen) atoms. The van der Waals surface area contributed by atoms with E-state index in [2.05, 4.69) is 30.8 Å². The Hall–Kier alpha value is -0.120. The van der Waals surface area contributed by atoms with Gasteiger partial charge in [-0.3, -0.25) is 11.7 Å². The number of nitrogens with one attached hydrogen (secondary N) is 1. The lowest BCUT2D eigenvalue weighted by Gasteiger charge is -2.05. The Bertz CT molecular complexity index is 156. The second kappa shape index (κ2) is 26.8. The van der Waals surface area contributed by atoms with Gasteiger partial charge in [0, 0.05) is 0 Å². The van der Waals surface area contributed by atoms with Crippen LogP contribution in [0.2, 0.25) is 0 Å². The van der Waals surface area contributed by atoms with E-state index >= 15 is 0 Å². The van der Waals surface area contributed by atoms with Crippen molar-refractivity contribution < 1.29 is 0 Å². The Balaban J connectivity index is 0. The molecule has 0 aromatic heterocycles. The number of nitrogens with two attached hydrogens (primary N) is 2. The predicted octanol–water partition coefficient (Wildman–Crippen LogP) is 5.68. The van der Waals surface area contributed by atoms with Crippen LogP contribution in [0, 0.1) is 0 Å². The van der Waals surface area contributed by atoms with Gasteiger partial charge < -0.3 is 5.32 Å². The summed E-state index contributed by atoms with van der Waals surface area (Å²) in [5, 5.41) is 3.61. The van der Waals surface area contributed by atoms with E-state index in [0.29, 0.717) is 0 Å². The maximum atomic E-state index is 4.00. The molecule has 0 bridgehead atoms. The Morgan fingerprint density at radius 1 is 0.435 bits per heavy atom. The van der Waals surface area contributed by atoms with E-state index in [9.17, 15) is 0 Å². The monoisotopic (exact) mass is 329 g/mol. The van der Waals surface area contributed by atoms with Gasteiger partial charge in [-0.25, -0.2) is 0 Å². The second-order valence-electron chi connectivity index (χ2n) is 6.70. The molecule has 5 N–H and O–H groups in total. The summed E-state index contributed by atoms with van der Waals surface area (Å²) in [6.07, 6.45) is 22.8. The zero-order chi connectivity index (χ0) is 17.4. The molecule has 0 atom stereocenters. The van der Waals surface area contributed by atoms with Crippen molar-refractivity contribution in [2.45, 2.75) is 117 Å². The topological polar surface area (TPSA) is 64.1 Å². The molecule has 3 heteroatoms. The first-order valence-electron chi connectivity index (χ1n) is 10.5. The molecule has 0 unspecified atom stereocenters. The molecule has 0 aliphatic rings. The molecule has 0 aromatic carbocycles. The van der Waals surface area contributed by atoms with Gasteiger partial charge in [-0.05, 0) is 25.9 Å². The Labute approximate surface area is 147 Å². The molecule has 142 valence electrons. The highest BCUT2D eigenvalue weighted by Crippen LogP contribution is 2.09. The van der Waals surface area contributed by atoms with Gasteiger partial charge in [0.05, 0.1) is 0 Å². The minimum atomic E-state index is 1.24. The molecule has 0 aliphatic heterocycles. The minimum Gasteiger partial charge on any atom is -0.317 e. The van der Waals surface area contributed by atoms with Crippen LogP contribution in [0.15, 0.2) is 0 Å². The number of rotatable bonds is 18. The summed E-state index contributed by atoms with van der Waals surface area (Å²) in [7, 11) is 0. The van der Waals surface area contributed by atoms with Crippen molar-refractivity contribution in [1.29, 1.82) is 0 Å². The smallest absolute Gasteiger partial charge is 0.00489 e. The second-order valence-corrected chi connectivity index (χ2v) is 6.70. The maximum Gasteiger partial charge on any atom is -0.00489 e. The van der Waals surface area contributed by atoms with Crippen LogP contribution in [0.3, 0.4) is 0 Å². The van der Waals surface area contributed by atoms with E-state index in [0.717, 1.165) is 0 Å². The van der Waals surface area contributed by atoms with Crippen molar-refractivity contribution in [2.24, 2.45) is 11.7 Å². The van der Waals surface area contributed by atoms with Crippen LogP contribution in [0.4, 0.5) is 0 Å². The molecule has 0 fully saturated rings. The first kappa shape index (κ1) is 25.1. The van der Waals surface area contributed by atoms with E-state index in [1.165, 1.54) is 116 Å². The molecule has 0 radical (unpaired) electrons. The molecule has 0 rings (SSSR count). The molecule has 3 nitrogen and oxygen atoms in total. The fourth-order valence-electron chi connectivity index (χ4n) is 2.89. The summed E-state index contributed by atoms with van der Waals surface area (Å²) in [5.41, 5.74) is 0. The van der Waals surface area contributed by atoms with E-state index in [-0.39, 0.29) is 0 Å². The van der Waals surface area contributed by atoms with Crippen LogP contribution < -0.4 is 17.0 Å². The summed E-state index contributed by atoms with van der Waals surface area (Å²) in [4.78, 5) is 0. The fraction of sp³-hybridized carbons (Fsp3) is 1.00. The molecule has 0 saturated carbocycles. The lowest BCUT2D eigenvalue weighted by Crippen LogP contribution is -2.16. The average molecular weight is 330 g/mol. The van der Waals surface area contributed by atoms with Crippen LogP contribution >= 0.6 is 0 Å². The van der Waals surface area contributed by atoms with Gasteiger partial charge in [-0.2, -0.15) is 0 Å². The van der Waals surface area contributed by atoms with Crippen molar-refractivity contribution in [3.8, 4) is 0 Å². The highest BCUT2D eigenvalue weighted by molar-refractivity contribution is 4.52. The van der Waals surface area contributed by atoms with Crippen molar-refractivity contribution in [3.63, 3.8) is 0 Å². The molecule has 0 amide bonds. The quantitative estimate of drug-likeness (QED) is 0.172. The van der Waals surface area contributed by atoms with Crippen molar-refractivity contribution in [1.82, 2.24) is 5.32 Å². The first-order chi connectivity index (χ1) is 11.4. The summed E-state index contributed by atoms with van der Waals surface area (Å²) < 4.78 is 0. The molecule has 0 saturated heterocycles. The molecule has 0 heterocycles. The highest BCUT2D eigenvalue weighted by Gasteiger charge is 1.93. The zero-order valence-corrected chi connectivity index (χ0v) is 16.4. The Morgan fingerprint density at radius 3 is 1.00 bits per heavy atom. The highest BCUT2D eigenvalue weighted by atomic mass is 15.0. The number of hydrogen-bond acceptors (Lipinski definition) is 3. The van der Waals surface area contributed by atoms with Gasteiger partial charge in [-0.15, -0.1) is 0 Å². The standard InChI is InChI=1S/C20H43N.H4N2/c1-3-5-7-9-11-13-15-17-19-21-20-18-16-14-12-10-8-6-4-2;1-2/h21H,3-20H2,1-2H3;1-2H2. The van der Waals surface area contributed by atoms with E-state index in [1.807, 2.05) is 0 Å². The van der Waals surface area contributed by atoms with Gasteiger partial charge in [-0.1, -0.05) is 104 Å². The number of unbranched alkanes of at least 4 members (excludes halogenated alkanes) is 14. The van der Waals surface area contributed by atoms with E-state index in [1.54, 1.807) is 0 Å². The lowest BCUT2D eigenvalue weighted by molar-refractivity contribution is 0.532. The Kier molecular flexibility index (Phi) is 29.2. The molecule has 0 aliphatic carbocycles. The number of hydrazine groups is 1. The van der Waals surface area contributed by atoms with E-state index in [4.69, 9.17) is 0 Å². The number of hydrogen-bond donors (Lipinski definition) is 3. The van der Waals surface area contributed by atoms with Crippen molar-refractivity contribution in [2.75, 3.05) is 13.1 Å². The summed E-state index contributed by atoms with van der Waals surface area (Å²) >= 11 is 0. The first-order valence-corrected chi connectivity index (χ1v) is 10.5. The molecular weight excluding hydrogens is 282 g/mol. The third-order valence-corrected chi connectivity index (χ3v) is 4.41. The molecule has 0 aromatic rings. The predicted molar refractivity (Wildman–Crippen MR) is 106 cm³/mol. The van der Waals surface area contributed by atoms with Crippen LogP contribution in [-0.2, 0) is 0 Å². The van der Waals surface area contributed by atoms with Gasteiger partial charge in [0.1, 0.15) is 0 Å². The van der Waals surface area contributed by atoms with Gasteiger partial charge >= 0.3 is 0 Å². The van der Waals surface area contributed by atoms with Crippen molar-refractivity contribution >= 4 is 0 Å². The third-order valence-electron chi connectivity index (χ3n) is 4.41. The van der Waals surface area contributed by atoms with E-state index < -0.39 is 0 Å². The molecular formula is C20H47N3. The van der Waals surface area contributed by atoms with Crippen LogP contribution in [0.25, 0.3) is 0 Å². The third kappa shape index (κ3) is 27.0. The van der Waals surface area contributed by atoms with Gasteiger partial charge in [0.2, 0.25) is 0 Å². The van der Waals surface area contributed by atoms with Gasteiger partial charge in [0.15, 0.2) is 0 Å². The van der Waals surface area contributed by atoms with Crippen molar-refractivity contribution in [3.05, 3.63) is 0 Å². The zero-order valence-electron chi connectivity index (χ0n) is 16.4. The minimum absolute atomic E-state index is 1.24. The molecule has 0 spiro atoms. The maximum absolute atomic E-state index is 4.00. The Morgan fingerprint density at radius 2 is 0.696 bits per heavy atom. The lowest BCUT2D eigenvalue weighted by atomic mass is 10.1. The summed E-state index contributed by atoms with van der Waals surface area (Å²) in [6, 6.07) is 0. The average Bonchev–Trinajstić information content (AvgIpc) is 2.59.